The number of hydrogen-bond acceptors (Lipinski definition) is 1. The van der Waals surface area contributed by atoms with Crippen LogP contribution in [0.1, 0.15) is 0 Å². The highest BCUT2D eigenvalue weighted by atomic mass is 16.1. The molecule has 3 aromatic rings. The summed E-state index contributed by atoms with van der Waals surface area (Å²) in [4.78, 5) is 14.8. The Morgan fingerprint density at radius 3 is 2.11 bits per heavy atom. The van der Waals surface area contributed by atoms with Gasteiger partial charge in [0.05, 0.1) is 11.4 Å². The largest absolute Gasteiger partial charge is 0.330 e. The van der Waals surface area contributed by atoms with E-state index in [9.17, 15) is 4.79 Å². The number of aromatic nitrogens is 2. The molecule has 1 N–H and O–H groups in total. The molecular formula is C15H12N2O. The third-order valence-corrected chi connectivity index (χ3v) is 2.84. The lowest BCUT2D eigenvalue weighted by Crippen LogP contribution is -2.13. The predicted octanol–water partition coefficient (Wildman–Crippen LogP) is 2.83. The molecule has 0 unspecified atom stereocenters. The van der Waals surface area contributed by atoms with Crippen molar-refractivity contribution >= 4 is 0 Å². The van der Waals surface area contributed by atoms with Crippen molar-refractivity contribution in [2.24, 2.45) is 0 Å². The molecule has 0 aliphatic heterocycles. The summed E-state index contributed by atoms with van der Waals surface area (Å²) in [6, 6.07) is 19.4. The number of nitrogens with one attached hydrogen (secondary N) is 1. The first-order valence-corrected chi connectivity index (χ1v) is 5.77. The van der Waals surface area contributed by atoms with E-state index >= 15 is 0 Å². The molecule has 0 atom stereocenters. The van der Waals surface area contributed by atoms with Gasteiger partial charge in [0.1, 0.15) is 0 Å². The molecule has 88 valence electrons. The van der Waals surface area contributed by atoms with Gasteiger partial charge in [-0.2, -0.15) is 0 Å². The van der Waals surface area contributed by atoms with Gasteiger partial charge in [-0.05, 0) is 17.7 Å². The van der Waals surface area contributed by atoms with Crippen LogP contribution in [-0.4, -0.2) is 9.55 Å². The van der Waals surface area contributed by atoms with Crippen molar-refractivity contribution in [3.8, 4) is 16.9 Å². The molecule has 0 saturated heterocycles. The zero-order valence-corrected chi connectivity index (χ0v) is 9.71. The lowest BCUT2D eigenvalue weighted by Gasteiger charge is -1.99. The van der Waals surface area contributed by atoms with Crippen LogP contribution in [-0.2, 0) is 0 Å². The van der Waals surface area contributed by atoms with Gasteiger partial charge in [0, 0.05) is 6.20 Å². The zero-order chi connectivity index (χ0) is 12.4. The summed E-state index contributed by atoms with van der Waals surface area (Å²) in [5.74, 6) is 0. The van der Waals surface area contributed by atoms with Crippen molar-refractivity contribution in [2.45, 2.75) is 0 Å². The molecule has 0 spiro atoms. The van der Waals surface area contributed by atoms with Crippen LogP contribution in [0.4, 0.5) is 0 Å². The Balaban J connectivity index is 2.10. The van der Waals surface area contributed by atoms with Crippen LogP contribution in [0.2, 0.25) is 0 Å². The monoisotopic (exact) mass is 236 g/mol. The van der Waals surface area contributed by atoms with E-state index in [1.807, 2.05) is 66.9 Å². The Kier molecular flexibility index (Phi) is 2.57. The summed E-state index contributed by atoms with van der Waals surface area (Å²) < 4.78 is 1.61. The van der Waals surface area contributed by atoms with Crippen molar-refractivity contribution < 1.29 is 0 Å². The van der Waals surface area contributed by atoms with Gasteiger partial charge in [-0.15, -0.1) is 0 Å². The minimum Gasteiger partial charge on any atom is -0.305 e. The number of imidazole rings is 1. The molecule has 0 saturated carbocycles. The van der Waals surface area contributed by atoms with Gasteiger partial charge in [0.15, 0.2) is 0 Å². The molecule has 18 heavy (non-hydrogen) atoms. The van der Waals surface area contributed by atoms with Crippen LogP contribution in [0, 0.1) is 0 Å². The van der Waals surface area contributed by atoms with E-state index in [1.165, 1.54) is 0 Å². The molecule has 0 amide bonds. The van der Waals surface area contributed by atoms with Crippen molar-refractivity contribution in [2.75, 3.05) is 0 Å². The number of para-hydroxylation sites is 1. The van der Waals surface area contributed by atoms with E-state index in [4.69, 9.17) is 0 Å². The van der Waals surface area contributed by atoms with Gasteiger partial charge in [-0.25, -0.2) is 4.79 Å². The summed E-state index contributed by atoms with van der Waals surface area (Å²) in [5.41, 5.74) is 2.56. The average molecular weight is 236 g/mol. The average Bonchev–Trinajstić information content (AvgIpc) is 2.83. The van der Waals surface area contributed by atoms with Crippen molar-refractivity contribution in [3.05, 3.63) is 77.3 Å². The fourth-order valence-corrected chi connectivity index (χ4v) is 1.94. The predicted molar refractivity (Wildman–Crippen MR) is 71.8 cm³/mol. The normalized spacial score (nSPS) is 10.4. The van der Waals surface area contributed by atoms with Gasteiger partial charge in [-0.3, -0.25) is 4.57 Å². The first-order valence-electron chi connectivity index (χ1n) is 5.77. The lowest BCUT2D eigenvalue weighted by atomic mass is 10.2. The lowest BCUT2D eigenvalue weighted by molar-refractivity contribution is 0.987. The van der Waals surface area contributed by atoms with E-state index in [2.05, 4.69) is 4.98 Å². The van der Waals surface area contributed by atoms with E-state index in [-0.39, 0.29) is 5.69 Å². The smallest absolute Gasteiger partial charge is 0.305 e. The highest BCUT2D eigenvalue weighted by molar-refractivity contribution is 5.58. The summed E-state index contributed by atoms with van der Waals surface area (Å²) >= 11 is 0. The quantitative estimate of drug-likeness (QED) is 0.730. The van der Waals surface area contributed by atoms with Crippen LogP contribution in [0.25, 0.3) is 16.9 Å². The van der Waals surface area contributed by atoms with Gasteiger partial charge in [0.25, 0.3) is 0 Å². The minimum absolute atomic E-state index is 0.125. The fraction of sp³-hybridized carbons (Fsp3) is 0. The second-order valence-electron chi connectivity index (χ2n) is 4.04. The molecule has 2 aromatic carbocycles. The number of rotatable bonds is 2. The molecular weight excluding hydrogens is 224 g/mol. The maximum Gasteiger partial charge on any atom is 0.330 e. The summed E-state index contributed by atoms with van der Waals surface area (Å²) in [6.07, 6.45) is 1.83. The van der Waals surface area contributed by atoms with Crippen LogP contribution >= 0.6 is 0 Å². The third kappa shape index (κ3) is 1.86. The highest BCUT2D eigenvalue weighted by Crippen LogP contribution is 2.16. The summed E-state index contributed by atoms with van der Waals surface area (Å²) in [6.45, 7) is 0. The molecule has 3 nitrogen and oxygen atoms in total. The number of hydrogen-bond donors (Lipinski definition) is 1. The second kappa shape index (κ2) is 4.37. The van der Waals surface area contributed by atoms with Gasteiger partial charge >= 0.3 is 5.69 Å². The Morgan fingerprint density at radius 1 is 0.833 bits per heavy atom. The summed E-state index contributed by atoms with van der Waals surface area (Å²) in [7, 11) is 0. The maximum absolute atomic E-state index is 11.9. The standard InChI is InChI=1S/C15H12N2O/c18-15-16-14(12-7-3-1-4-8-12)11-17(15)13-9-5-2-6-10-13/h1-11H,(H,16,18). The van der Waals surface area contributed by atoms with Crippen LogP contribution < -0.4 is 5.69 Å². The SMILES string of the molecule is O=c1[nH]c(-c2ccccc2)cn1-c1ccccc1. The van der Waals surface area contributed by atoms with E-state index in [0.717, 1.165) is 16.9 Å². The Hall–Kier alpha value is -2.55. The highest BCUT2D eigenvalue weighted by Gasteiger charge is 2.05. The maximum atomic E-state index is 11.9. The Morgan fingerprint density at radius 2 is 1.44 bits per heavy atom. The number of H-pyrrole nitrogens is 1. The molecule has 0 bridgehead atoms. The van der Waals surface area contributed by atoms with Crippen LogP contribution in [0.5, 0.6) is 0 Å². The third-order valence-electron chi connectivity index (χ3n) is 2.84. The van der Waals surface area contributed by atoms with Crippen LogP contribution in [0.3, 0.4) is 0 Å². The first-order chi connectivity index (χ1) is 8.84. The van der Waals surface area contributed by atoms with Gasteiger partial charge < -0.3 is 4.98 Å². The van der Waals surface area contributed by atoms with Crippen molar-refractivity contribution in [3.63, 3.8) is 0 Å². The molecule has 0 radical (unpaired) electrons. The topological polar surface area (TPSA) is 37.8 Å². The number of nitrogens with zero attached hydrogens (tertiary/aromatic N) is 1. The van der Waals surface area contributed by atoms with Crippen molar-refractivity contribution in [1.29, 1.82) is 0 Å². The molecule has 3 rings (SSSR count). The molecule has 0 aliphatic carbocycles. The van der Waals surface area contributed by atoms with E-state index in [1.54, 1.807) is 4.57 Å². The second-order valence-corrected chi connectivity index (χ2v) is 4.04. The zero-order valence-electron chi connectivity index (χ0n) is 9.71. The van der Waals surface area contributed by atoms with Crippen molar-refractivity contribution in [1.82, 2.24) is 9.55 Å². The van der Waals surface area contributed by atoms with Crippen LogP contribution in [0.15, 0.2) is 71.7 Å². The Bertz CT molecular complexity index is 696. The Labute approximate surface area is 104 Å². The fourth-order valence-electron chi connectivity index (χ4n) is 1.94. The molecule has 3 heteroatoms. The van der Waals surface area contributed by atoms with Gasteiger partial charge in [-0.1, -0.05) is 48.5 Å². The summed E-state index contributed by atoms with van der Waals surface area (Å²) in [5, 5.41) is 0. The van der Waals surface area contributed by atoms with E-state index in [0.29, 0.717) is 0 Å². The first kappa shape index (κ1) is 10.6. The number of benzene rings is 2. The van der Waals surface area contributed by atoms with E-state index < -0.39 is 0 Å². The minimum atomic E-state index is -0.125. The van der Waals surface area contributed by atoms with Gasteiger partial charge in [0.2, 0.25) is 0 Å². The molecule has 0 aliphatic rings. The molecule has 0 fully saturated rings. The molecule has 1 heterocycles. The molecule has 1 aromatic heterocycles. The number of aromatic amines is 1.